The molecule has 0 unspecified atom stereocenters. The highest BCUT2D eigenvalue weighted by Gasteiger charge is 2.70. The summed E-state index contributed by atoms with van der Waals surface area (Å²) >= 11 is 0. The average Bonchev–Trinajstić information content (AvgIpc) is 3.40. The maximum Gasteiger partial charge on any atom is 0.250 e. The Morgan fingerprint density at radius 2 is 1.55 bits per heavy atom. The number of benzene rings is 3. The van der Waals surface area contributed by atoms with Crippen LogP contribution >= 0.6 is 0 Å². The third-order valence-electron chi connectivity index (χ3n) is 7.21. The Balaban J connectivity index is 1.49. The second-order valence-electron chi connectivity index (χ2n) is 9.10. The predicted molar refractivity (Wildman–Crippen MR) is 124 cm³/mol. The summed E-state index contributed by atoms with van der Waals surface area (Å²) in [6.07, 6.45) is 0.542. The van der Waals surface area contributed by atoms with E-state index in [0.29, 0.717) is 17.8 Å². The van der Waals surface area contributed by atoms with Crippen molar-refractivity contribution in [2.24, 2.45) is 11.8 Å². The Bertz CT molecular complexity index is 1290. The first-order valence-electron chi connectivity index (χ1n) is 11.2. The van der Waals surface area contributed by atoms with Gasteiger partial charge in [0, 0.05) is 17.3 Å². The molecule has 0 aliphatic carbocycles. The number of carbonyl (C=O) groups excluding carboxylic acids is 3. The fraction of sp³-hybridized carbons (Fsp3) is 0.222. The number of amides is 3. The Kier molecular flexibility index (Phi) is 4.29. The monoisotopic (exact) mass is 437 g/mol. The van der Waals surface area contributed by atoms with Crippen molar-refractivity contribution in [3.05, 3.63) is 95.6 Å². The molecule has 1 spiro atoms. The Morgan fingerprint density at radius 3 is 2.30 bits per heavy atom. The molecule has 3 heterocycles. The molecule has 3 aromatic rings. The standard InChI is InChI=1S/C27H23N3O3/c1-16-11-13-18(14-12-16)30-24(31)22-21(15-17-7-3-2-4-8-17)29-27(23(22)25(30)32)19-9-5-6-10-20(19)28-26(27)33/h2-14,21-23,29H,15H2,1H3,(H,28,33)/t21-,22+,23-,27+/m0/s1. The summed E-state index contributed by atoms with van der Waals surface area (Å²) in [5, 5.41) is 6.43. The Morgan fingerprint density at radius 1 is 0.848 bits per heavy atom. The zero-order valence-corrected chi connectivity index (χ0v) is 18.1. The number of fused-ring (bicyclic) bond motifs is 4. The second kappa shape index (κ2) is 7.12. The third kappa shape index (κ3) is 2.74. The first-order chi connectivity index (χ1) is 16.0. The number of rotatable bonds is 3. The van der Waals surface area contributed by atoms with E-state index in [2.05, 4.69) is 10.6 Å². The number of hydrogen-bond donors (Lipinski definition) is 2. The van der Waals surface area contributed by atoms with Crippen LogP contribution in [0.15, 0.2) is 78.9 Å². The largest absolute Gasteiger partial charge is 0.324 e. The van der Waals surface area contributed by atoms with Gasteiger partial charge in [-0.3, -0.25) is 19.7 Å². The van der Waals surface area contributed by atoms with Gasteiger partial charge in [-0.25, -0.2) is 4.90 Å². The highest BCUT2D eigenvalue weighted by molar-refractivity contribution is 6.25. The number of carbonyl (C=O) groups is 3. The van der Waals surface area contributed by atoms with Crippen LogP contribution in [0.1, 0.15) is 16.7 Å². The lowest BCUT2D eigenvalue weighted by Crippen LogP contribution is -2.53. The molecule has 0 aromatic heterocycles. The van der Waals surface area contributed by atoms with Gasteiger partial charge < -0.3 is 5.32 Å². The zero-order valence-electron chi connectivity index (χ0n) is 18.1. The van der Waals surface area contributed by atoms with Gasteiger partial charge in [0.2, 0.25) is 17.7 Å². The van der Waals surface area contributed by atoms with Crippen molar-refractivity contribution in [2.75, 3.05) is 10.2 Å². The molecule has 6 heteroatoms. The topological polar surface area (TPSA) is 78.5 Å². The van der Waals surface area contributed by atoms with E-state index in [0.717, 1.165) is 16.7 Å². The zero-order chi connectivity index (χ0) is 22.7. The van der Waals surface area contributed by atoms with Gasteiger partial charge in [0.05, 0.1) is 17.5 Å². The minimum Gasteiger partial charge on any atom is -0.324 e. The van der Waals surface area contributed by atoms with Crippen LogP contribution in [-0.2, 0) is 26.3 Å². The number of nitrogens with one attached hydrogen (secondary N) is 2. The molecule has 0 bridgehead atoms. The van der Waals surface area contributed by atoms with Crippen LogP contribution in [0.4, 0.5) is 11.4 Å². The van der Waals surface area contributed by atoms with Crippen molar-refractivity contribution < 1.29 is 14.4 Å². The molecule has 2 saturated heterocycles. The Hall–Kier alpha value is -3.77. The molecule has 33 heavy (non-hydrogen) atoms. The van der Waals surface area contributed by atoms with Crippen LogP contribution in [0.25, 0.3) is 0 Å². The van der Waals surface area contributed by atoms with E-state index in [4.69, 9.17) is 0 Å². The molecule has 164 valence electrons. The average molecular weight is 437 g/mol. The van der Waals surface area contributed by atoms with Gasteiger partial charge >= 0.3 is 0 Å². The molecule has 0 saturated carbocycles. The Labute approximate surface area is 191 Å². The van der Waals surface area contributed by atoms with E-state index in [9.17, 15) is 14.4 Å². The molecular weight excluding hydrogens is 414 g/mol. The van der Waals surface area contributed by atoms with Gasteiger partial charge in [-0.15, -0.1) is 0 Å². The molecule has 6 rings (SSSR count). The molecule has 3 aliphatic heterocycles. The lowest BCUT2D eigenvalue weighted by molar-refractivity contribution is -0.130. The van der Waals surface area contributed by atoms with Crippen LogP contribution in [0.5, 0.6) is 0 Å². The molecule has 6 nitrogen and oxygen atoms in total. The van der Waals surface area contributed by atoms with Crippen molar-refractivity contribution >= 4 is 29.1 Å². The molecular formula is C27H23N3O3. The van der Waals surface area contributed by atoms with E-state index in [1.165, 1.54) is 4.90 Å². The number of para-hydroxylation sites is 1. The van der Waals surface area contributed by atoms with E-state index in [1.54, 1.807) is 12.1 Å². The fourth-order valence-electron chi connectivity index (χ4n) is 5.75. The van der Waals surface area contributed by atoms with Gasteiger partial charge in [0.15, 0.2) is 0 Å². The number of hydrogen-bond acceptors (Lipinski definition) is 4. The van der Waals surface area contributed by atoms with E-state index < -0.39 is 17.4 Å². The van der Waals surface area contributed by atoms with Crippen molar-refractivity contribution in [3.63, 3.8) is 0 Å². The van der Waals surface area contributed by atoms with Crippen LogP contribution in [0.2, 0.25) is 0 Å². The van der Waals surface area contributed by atoms with Gasteiger partial charge in [-0.1, -0.05) is 66.2 Å². The lowest BCUT2D eigenvalue weighted by atomic mass is 9.76. The summed E-state index contributed by atoms with van der Waals surface area (Å²) < 4.78 is 0. The van der Waals surface area contributed by atoms with E-state index >= 15 is 0 Å². The maximum absolute atomic E-state index is 13.9. The van der Waals surface area contributed by atoms with Crippen LogP contribution in [-0.4, -0.2) is 23.8 Å². The summed E-state index contributed by atoms with van der Waals surface area (Å²) in [5.41, 5.74) is 2.78. The summed E-state index contributed by atoms with van der Waals surface area (Å²) in [4.78, 5) is 42.4. The maximum atomic E-state index is 13.9. The van der Waals surface area contributed by atoms with E-state index in [-0.39, 0.29) is 23.8 Å². The minimum absolute atomic E-state index is 0.253. The highest BCUT2D eigenvalue weighted by atomic mass is 16.2. The smallest absolute Gasteiger partial charge is 0.250 e. The second-order valence-corrected chi connectivity index (χ2v) is 9.10. The summed E-state index contributed by atoms with van der Waals surface area (Å²) in [6.45, 7) is 1.96. The summed E-state index contributed by atoms with van der Waals surface area (Å²) in [7, 11) is 0. The van der Waals surface area contributed by atoms with Gasteiger partial charge in [0.25, 0.3) is 0 Å². The van der Waals surface area contributed by atoms with Gasteiger partial charge in [0.1, 0.15) is 5.54 Å². The van der Waals surface area contributed by atoms with Gasteiger partial charge in [-0.05, 0) is 37.1 Å². The van der Waals surface area contributed by atoms with E-state index in [1.807, 2.05) is 73.7 Å². The molecule has 2 fully saturated rings. The van der Waals surface area contributed by atoms with Crippen LogP contribution in [0, 0.1) is 18.8 Å². The molecule has 3 amide bonds. The van der Waals surface area contributed by atoms with Crippen molar-refractivity contribution in [1.29, 1.82) is 0 Å². The molecule has 3 aliphatic rings. The predicted octanol–water partition coefficient (Wildman–Crippen LogP) is 3.16. The quantitative estimate of drug-likeness (QED) is 0.617. The number of aryl methyl sites for hydroxylation is 1. The number of anilines is 2. The molecule has 0 radical (unpaired) electrons. The minimum atomic E-state index is -1.27. The van der Waals surface area contributed by atoms with Crippen molar-refractivity contribution in [3.8, 4) is 0 Å². The third-order valence-corrected chi connectivity index (χ3v) is 7.21. The van der Waals surface area contributed by atoms with Crippen LogP contribution < -0.4 is 15.5 Å². The molecule has 2 N–H and O–H groups in total. The molecule has 4 atom stereocenters. The first-order valence-corrected chi connectivity index (χ1v) is 11.2. The normalized spacial score (nSPS) is 27.7. The highest BCUT2D eigenvalue weighted by Crippen LogP contribution is 2.53. The molecule has 3 aromatic carbocycles. The van der Waals surface area contributed by atoms with Crippen molar-refractivity contribution in [1.82, 2.24) is 5.32 Å². The van der Waals surface area contributed by atoms with Crippen LogP contribution in [0.3, 0.4) is 0 Å². The SMILES string of the molecule is Cc1ccc(N2C(=O)[C@@H]3[C@H](Cc4ccccc4)N[C@@]4(C(=O)Nc5ccccc54)[C@@H]3C2=O)cc1. The summed E-state index contributed by atoms with van der Waals surface area (Å²) in [6, 6.07) is 24.3. The fourth-order valence-corrected chi connectivity index (χ4v) is 5.75. The van der Waals surface area contributed by atoms with Gasteiger partial charge in [-0.2, -0.15) is 0 Å². The first kappa shape index (κ1) is 19.9. The van der Waals surface area contributed by atoms with Crippen molar-refractivity contribution in [2.45, 2.75) is 24.9 Å². The number of imide groups is 1. The lowest BCUT2D eigenvalue weighted by Gasteiger charge is -2.29. The summed E-state index contributed by atoms with van der Waals surface area (Å²) in [5.74, 6) is -2.32. The number of nitrogens with zero attached hydrogens (tertiary/aromatic N) is 1.